The molecule has 392 valence electrons. The lowest BCUT2D eigenvalue weighted by Gasteiger charge is -2.51. The van der Waals surface area contributed by atoms with Gasteiger partial charge in [-0.1, -0.05) is 57.2 Å². The number of cyclic esters (lactones) is 1. The highest BCUT2D eigenvalue weighted by Gasteiger charge is 2.55. The van der Waals surface area contributed by atoms with Gasteiger partial charge in [0.25, 0.3) is 0 Å². The summed E-state index contributed by atoms with van der Waals surface area (Å²) < 4.78 is 61.1. The van der Waals surface area contributed by atoms with Crippen LogP contribution < -0.4 is 0 Å². The molecule has 0 spiro atoms. The van der Waals surface area contributed by atoms with E-state index in [0.29, 0.717) is 18.6 Å². The summed E-state index contributed by atoms with van der Waals surface area (Å²) in [4.78, 5) is 23.2. The number of methoxy groups -OCH3 is 2. The average Bonchev–Trinajstić information content (AvgIpc) is 3.52. The van der Waals surface area contributed by atoms with Crippen LogP contribution in [-0.4, -0.2) is 162 Å². The van der Waals surface area contributed by atoms with Crippen molar-refractivity contribution in [1.82, 2.24) is 4.90 Å². The lowest BCUT2D eigenvalue weighted by molar-refractivity contribution is -0.316. The molecule has 0 amide bonds. The Bertz CT molecular complexity index is 1730. The molecule has 68 heavy (non-hydrogen) atoms. The van der Waals surface area contributed by atoms with Gasteiger partial charge in [-0.3, -0.25) is 4.79 Å². The Kier molecular flexibility index (Phi) is 20.5. The van der Waals surface area contributed by atoms with E-state index in [2.05, 4.69) is 58.3 Å². The highest BCUT2D eigenvalue weighted by molar-refractivity contribution is 6.70. The van der Waals surface area contributed by atoms with Gasteiger partial charge in [0.2, 0.25) is 0 Å². The minimum absolute atomic E-state index is 0.0348. The minimum atomic E-state index is -2.20. The molecule has 0 radical (unpaired) electrons. The van der Waals surface area contributed by atoms with Crippen molar-refractivity contribution in [3.05, 3.63) is 36.5 Å². The van der Waals surface area contributed by atoms with Crippen LogP contribution in [0.15, 0.2) is 41.6 Å². The average molecular weight is 997 g/mol. The largest absolute Gasteiger partial charge is 0.459 e. The van der Waals surface area contributed by atoms with Crippen LogP contribution >= 0.6 is 0 Å². The number of allylic oxidation sites excluding steroid dienone is 4. The third kappa shape index (κ3) is 14.7. The molecule has 3 aliphatic heterocycles. The first kappa shape index (κ1) is 58.7. The molecule has 0 bridgehead atoms. The zero-order chi connectivity index (χ0) is 51.3. The zero-order valence-electron chi connectivity index (χ0n) is 45.3. The minimum Gasteiger partial charge on any atom is -0.459 e. The van der Waals surface area contributed by atoms with Crippen LogP contribution in [0.3, 0.4) is 0 Å². The van der Waals surface area contributed by atoms with E-state index < -0.39 is 118 Å². The normalized spacial score (nSPS) is 42.5. The van der Waals surface area contributed by atoms with E-state index in [9.17, 15) is 15.0 Å². The van der Waals surface area contributed by atoms with Crippen molar-refractivity contribution in [2.24, 2.45) is 28.8 Å². The van der Waals surface area contributed by atoms with Gasteiger partial charge in [-0.25, -0.2) is 0 Å². The number of carbonyl (C=O) groups excluding carboxylic acids is 1. The molecule has 1 unspecified atom stereocenters. The number of carbonyl (C=O) groups is 1. The molecule has 15 nitrogen and oxygen atoms in total. The van der Waals surface area contributed by atoms with Crippen molar-refractivity contribution in [3.8, 4) is 0 Å². The molecule has 3 saturated heterocycles. The maximum atomic E-state index is 14.8. The Labute approximate surface area is 411 Å². The molecular weight excluding hydrogens is 905 g/mol. The van der Waals surface area contributed by atoms with Gasteiger partial charge in [0, 0.05) is 44.4 Å². The molecule has 0 aromatic carbocycles. The van der Waals surface area contributed by atoms with Crippen LogP contribution in [0.5, 0.6) is 0 Å². The van der Waals surface area contributed by atoms with Gasteiger partial charge in [0.05, 0.1) is 59.5 Å². The summed E-state index contributed by atoms with van der Waals surface area (Å²) >= 11 is 0. The summed E-state index contributed by atoms with van der Waals surface area (Å²) in [6.45, 7) is 31.8. The fourth-order valence-corrected chi connectivity index (χ4v) is 12.9. The summed E-state index contributed by atoms with van der Waals surface area (Å²) in [5.41, 5.74) is -3.37. The molecule has 0 saturated carbocycles. The van der Waals surface area contributed by atoms with Gasteiger partial charge in [0.15, 0.2) is 35.3 Å². The Morgan fingerprint density at radius 3 is 1.90 bits per heavy atom. The highest BCUT2D eigenvalue weighted by atomic mass is 28.4. The number of esters is 1. The number of aliphatic hydroxyl groups excluding tert-OH is 1. The van der Waals surface area contributed by atoms with E-state index in [-0.39, 0.29) is 24.7 Å². The van der Waals surface area contributed by atoms with Crippen LogP contribution in [0.4, 0.5) is 0 Å². The number of likely N-dealkylation sites (N-methyl/N-ethyl adjacent to an activating group) is 1. The van der Waals surface area contributed by atoms with E-state index >= 15 is 0 Å². The monoisotopic (exact) mass is 997 g/mol. The summed E-state index contributed by atoms with van der Waals surface area (Å²) in [5.74, 6) is -3.40. The highest BCUT2D eigenvalue weighted by Crippen LogP contribution is 2.43. The standard InChI is InChI=1S/C51H92N2O13Si2/c1-21-39-51(10,56)44(54)33(4)41(52-64-37-26-24-22-23-25-27-37)31(2)29-49(8,57-13)45(63-48-43(65-67(15,16)17)38(53(11)12)28-32(3)59-48)34(5)42(35(6)47(55)61-39)62-40-30-50(9,58-14)46(36(7)60-40)66-68(18,19)20/h22-27,31-40,42-46,48,54,56H,21,28-30H2,1-20H3/t31-,32+,33-,34-,35+,36-,38-,39+,40-,42-,43+,44+,45+,46-,48-,49?,50+,51+/m0/s1. The van der Waals surface area contributed by atoms with Crippen LogP contribution in [0.1, 0.15) is 94.9 Å². The first-order valence-electron chi connectivity index (χ1n) is 25.0. The van der Waals surface area contributed by atoms with Gasteiger partial charge in [-0.05, 0) is 126 Å². The third-order valence-electron chi connectivity index (χ3n) is 14.4. The Hall–Kier alpha value is -1.85. The van der Waals surface area contributed by atoms with E-state index in [1.165, 1.54) is 6.92 Å². The number of ether oxygens (including phenoxy) is 7. The summed E-state index contributed by atoms with van der Waals surface area (Å²) in [7, 11) is 3.19. The molecule has 4 rings (SSSR count). The van der Waals surface area contributed by atoms with Gasteiger partial charge >= 0.3 is 5.97 Å². The van der Waals surface area contributed by atoms with Crippen LogP contribution in [0.25, 0.3) is 0 Å². The lowest BCUT2D eigenvalue weighted by atomic mass is 9.73. The predicted molar refractivity (Wildman–Crippen MR) is 270 cm³/mol. The van der Waals surface area contributed by atoms with E-state index in [4.69, 9.17) is 52.0 Å². The zero-order valence-corrected chi connectivity index (χ0v) is 47.3. The molecule has 18 atom stereocenters. The maximum absolute atomic E-state index is 14.8. The predicted octanol–water partition coefficient (Wildman–Crippen LogP) is 8.01. The Balaban J connectivity index is 1.97. The molecule has 1 aliphatic carbocycles. The van der Waals surface area contributed by atoms with E-state index in [0.717, 1.165) is 6.42 Å². The number of aliphatic hydroxyl groups is 2. The maximum Gasteiger partial charge on any atom is 0.311 e. The van der Waals surface area contributed by atoms with E-state index in [1.807, 2.05) is 84.9 Å². The number of hydrogen-bond donors (Lipinski definition) is 2. The Morgan fingerprint density at radius 2 is 1.37 bits per heavy atom. The molecule has 3 heterocycles. The van der Waals surface area contributed by atoms with Crippen LogP contribution in [-0.2, 0) is 51.6 Å². The lowest BCUT2D eigenvalue weighted by Crippen LogP contribution is -2.63. The summed E-state index contributed by atoms with van der Waals surface area (Å²) in [6.07, 6.45) is 4.95. The van der Waals surface area contributed by atoms with Crippen LogP contribution in [0, 0.1) is 23.7 Å². The van der Waals surface area contributed by atoms with Crippen molar-refractivity contribution < 1.29 is 61.9 Å². The van der Waals surface area contributed by atoms with Crippen LogP contribution in [0.2, 0.25) is 39.3 Å². The van der Waals surface area contributed by atoms with Crippen molar-refractivity contribution in [2.45, 2.75) is 225 Å². The second-order valence-corrected chi connectivity index (χ2v) is 31.8. The molecule has 2 N–H and O–H groups in total. The van der Waals surface area contributed by atoms with Gasteiger partial charge in [-0.2, -0.15) is 0 Å². The Morgan fingerprint density at radius 1 is 0.794 bits per heavy atom. The quantitative estimate of drug-likeness (QED) is 0.0977. The summed E-state index contributed by atoms with van der Waals surface area (Å²) in [5, 5.41) is 29.3. The molecule has 4 aliphatic rings. The number of oxime groups is 1. The SMILES string of the molecule is CC[C@H]1OC(=O)[C@H](C)[C@@H](O[C@H]2C[C@@](C)(OC)[C@@H](O[Si](C)(C)C)[C@H](C)O2)[C@H](C)[C@@H](O[C@@H]2O[C@H](C)C[C@H](N(C)C)[C@H]2O[Si](C)(C)C)C(C)(OC)C[C@H](C)C(=NOC2C=CC=CC=C2)[C@H](C)[C@@H](O)[C@]1(C)O. The fraction of sp³-hybridized carbons (Fsp3) is 0.843. The molecule has 0 aromatic rings. The smallest absolute Gasteiger partial charge is 0.311 e. The molecule has 3 fully saturated rings. The van der Waals surface area contributed by atoms with Gasteiger partial charge < -0.3 is 62.0 Å². The molecule has 0 aromatic heterocycles. The second kappa shape index (κ2) is 23.8. The molecule has 17 heteroatoms. The second-order valence-electron chi connectivity index (χ2n) is 22.9. The van der Waals surface area contributed by atoms with Crippen molar-refractivity contribution in [1.29, 1.82) is 0 Å². The fourth-order valence-electron chi connectivity index (χ4n) is 10.6. The van der Waals surface area contributed by atoms with Crippen molar-refractivity contribution in [3.63, 3.8) is 0 Å². The third-order valence-corrected chi connectivity index (χ3v) is 16.4. The van der Waals surface area contributed by atoms with E-state index in [1.54, 1.807) is 28.1 Å². The van der Waals surface area contributed by atoms with Crippen molar-refractivity contribution >= 4 is 28.3 Å². The topological polar surface area (TPSA) is 165 Å². The van der Waals surface area contributed by atoms with Gasteiger partial charge in [-0.15, -0.1) is 0 Å². The number of nitrogens with zero attached hydrogens (tertiary/aromatic N) is 2. The first-order valence-corrected chi connectivity index (χ1v) is 31.8. The van der Waals surface area contributed by atoms with Crippen molar-refractivity contribution in [2.75, 3.05) is 28.3 Å². The summed E-state index contributed by atoms with van der Waals surface area (Å²) in [6, 6.07) is -0.0348. The van der Waals surface area contributed by atoms with Gasteiger partial charge in [0.1, 0.15) is 17.8 Å². The number of rotatable bonds is 14. The first-order chi connectivity index (χ1) is 31.4. The molecular formula is C51H92N2O13Si2. The number of hydrogen-bond acceptors (Lipinski definition) is 15.